The number of ketones is 1. The molecule has 0 radical (unpaired) electrons. The number of unbranched alkanes of at least 4 members (excludes halogenated alkanes) is 1. The van der Waals surface area contributed by atoms with E-state index < -0.39 is 0 Å². The SMILES string of the molecule is CCCCn1cc(C(=O)c2cccc3ccccc23)c2cc(OC)ccc21. The Labute approximate surface area is 159 Å². The van der Waals surface area contributed by atoms with Crippen LogP contribution in [0.25, 0.3) is 21.7 Å². The quantitative estimate of drug-likeness (QED) is 0.406. The molecule has 3 nitrogen and oxygen atoms in total. The number of carbonyl (C=O) groups is 1. The number of aromatic nitrogens is 1. The summed E-state index contributed by atoms with van der Waals surface area (Å²) in [4.78, 5) is 13.5. The number of carbonyl (C=O) groups excluding carboxylic acids is 1. The average Bonchev–Trinajstić information content (AvgIpc) is 3.09. The molecule has 0 aliphatic carbocycles. The third-order valence-electron chi connectivity index (χ3n) is 5.12. The minimum atomic E-state index is 0.0558. The number of hydrogen-bond donors (Lipinski definition) is 0. The Balaban J connectivity index is 1.90. The van der Waals surface area contributed by atoms with Crippen LogP contribution in [0.2, 0.25) is 0 Å². The number of fused-ring (bicyclic) bond motifs is 2. The zero-order chi connectivity index (χ0) is 18.8. The van der Waals surface area contributed by atoms with Crippen molar-refractivity contribution in [3.8, 4) is 5.75 Å². The molecule has 136 valence electrons. The molecule has 0 amide bonds. The second kappa shape index (κ2) is 7.28. The lowest BCUT2D eigenvalue weighted by Crippen LogP contribution is -2.02. The first-order valence-corrected chi connectivity index (χ1v) is 9.42. The van der Waals surface area contributed by atoms with E-state index in [0.717, 1.165) is 57.9 Å². The van der Waals surface area contributed by atoms with Crippen LogP contribution in [0.3, 0.4) is 0 Å². The molecule has 0 spiro atoms. The smallest absolute Gasteiger partial charge is 0.195 e. The summed E-state index contributed by atoms with van der Waals surface area (Å²) in [5.74, 6) is 0.822. The first-order valence-electron chi connectivity index (χ1n) is 9.42. The van der Waals surface area contributed by atoms with Crippen molar-refractivity contribution in [3.63, 3.8) is 0 Å². The fraction of sp³-hybridized carbons (Fsp3) is 0.208. The second-order valence-electron chi connectivity index (χ2n) is 6.83. The van der Waals surface area contributed by atoms with Crippen molar-refractivity contribution in [1.82, 2.24) is 4.57 Å². The van der Waals surface area contributed by atoms with Gasteiger partial charge in [-0.15, -0.1) is 0 Å². The van der Waals surface area contributed by atoms with Gasteiger partial charge in [-0.1, -0.05) is 55.8 Å². The van der Waals surface area contributed by atoms with E-state index in [1.807, 2.05) is 66.9 Å². The van der Waals surface area contributed by atoms with E-state index in [-0.39, 0.29) is 5.78 Å². The molecular weight excluding hydrogens is 334 g/mol. The van der Waals surface area contributed by atoms with E-state index in [2.05, 4.69) is 11.5 Å². The van der Waals surface area contributed by atoms with Gasteiger partial charge in [-0.3, -0.25) is 4.79 Å². The Morgan fingerprint density at radius 3 is 2.59 bits per heavy atom. The van der Waals surface area contributed by atoms with Crippen LogP contribution < -0.4 is 4.74 Å². The predicted molar refractivity (Wildman–Crippen MR) is 111 cm³/mol. The highest BCUT2D eigenvalue weighted by Gasteiger charge is 2.19. The molecule has 4 aromatic rings. The van der Waals surface area contributed by atoms with E-state index >= 15 is 0 Å². The lowest BCUT2D eigenvalue weighted by atomic mass is 9.97. The molecule has 0 N–H and O–H groups in total. The molecule has 4 rings (SSSR count). The van der Waals surface area contributed by atoms with Crippen molar-refractivity contribution < 1.29 is 9.53 Å². The number of rotatable bonds is 6. The molecule has 1 aromatic heterocycles. The zero-order valence-electron chi connectivity index (χ0n) is 15.7. The highest BCUT2D eigenvalue weighted by molar-refractivity contribution is 6.21. The maximum Gasteiger partial charge on any atom is 0.195 e. The summed E-state index contributed by atoms with van der Waals surface area (Å²) in [6.45, 7) is 3.08. The highest BCUT2D eigenvalue weighted by Crippen LogP contribution is 2.30. The molecule has 0 aliphatic heterocycles. The molecule has 0 aliphatic rings. The minimum Gasteiger partial charge on any atom is -0.497 e. The van der Waals surface area contributed by atoms with Crippen LogP contribution in [-0.4, -0.2) is 17.5 Å². The van der Waals surface area contributed by atoms with Gasteiger partial charge in [0.05, 0.1) is 7.11 Å². The van der Waals surface area contributed by atoms with Crippen molar-refractivity contribution in [1.29, 1.82) is 0 Å². The van der Waals surface area contributed by atoms with Gasteiger partial charge in [0.25, 0.3) is 0 Å². The van der Waals surface area contributed by atoms with Crippen molar-refractivity contribution in [3.05, 3.63) is 78.0 Å². The minimum absolute atomic E-state index is 0.0558. The Hall–Kier alpha value is -3.07. The van der Waals surface area contributed by atoms with Crippen molar-refractivity contribution in [2.75, 3.05) is 7.11 Å². The lowest BCUT2D eigenvalue weighted by molar-refractivity contribution is 0.104. The van der Waals surface area contributed by atoms with Gasteiger partial charge in [0, 0.05) is 34.8 Å². The first-order chi connectivity index (χ1) is 13.2. The summed E-state index contributed by atoms with van der Waals surface area (Å²) >= 11 is 0. The summed E-state index contributed by atoms with van der Waals surface area (Å²) in [7, 11) is 1.65. The van der Waals surface area contributed by atoms with Crippen LogP contribution in [-0.2, 0) is 6.54 Å². The standard InChI is InChI=1S/C24H23NO2/c1-3-4-14-25-16-22(21-15-18(27-2)12-13-23(21)25)24(26)20-11-7-9-17-8-5-6-10-19(17)20/h5-13,15-16H,3-4,14H2,1-2H3. The third kappa shape index (κ3) is 3.10. The number of aryl methyl sites for hydroxylation is 1. The maximum absolute atomic E-state index is 13.5. The van der Waals surface area contributed by atoms with Crippen LogP contribution in [0.15, 0.2) is 66.9 Å². The number of methoxy groups -OCH3 is 1. The summed E-state index contributed by atoms with van der Waals surface area (Å²) < 4.78 is 7.59. The summed E-state index contributed by atoms with van der Waals surface area (Å²) in [5, 5.41) is 3.02. The van der Waals surface area contributed by atoms with Crippen LogP contribution in [0, 0.1) is 0 Å². The molecule has 0 unspecified atom stereocenters. The van der Waals surface area contributed by atoms with E-state index in [1.54, 1.807) is 7.11 Å². The summed E-state index contributed by atoms with van der Waals surface area (Å²) in [6.07, 6.45) is 4.20. The highest BCUT2D eigenvalue weighted by atomic mass is 16.5. The second-order valence-corrected chi connectivity index (χ2v) is 6.83. The van der Waals surface area contributed by atoms with E-state index in [4.69, 9.17) is 4.74 Å². The van der Waals surface area contributed by atoms with Crippen molar-refractivity contribution in [2.45, 2.75) is 26.3 Å². The van der Waals surface area contributed by atoms with Crippen LogP contribution in [0.1, 0.15) is 35.7 Å². The Bertz CT molecular complexity index is 1120. The van der Waals surface area contributed by atoms with Gasteiger partial charge in [0.2, 0.25) is 0 Å². The fourth-order valence-corrected chi connectivity index (χ4v) is 3.67. The first kappa shape index (κ1) is 17.3. The van der Waals surface area contributed by atoms with E-state index in [0.29, 0.717) is 0 Å². The van der Waals surface area contributed by atoms with E-state index in [1.165, 1.54) is 0 Å². The maximum atomic E-state index is 13.5. The number of ether oxygens (including phenoxy) is 1. The topological polar surface area (TPSA) is 31.2 Å². The summed E-state index contributed by atoms with van der Waals surface area (Å²) in [6, 6.07) is 19.9. The van der Waals surface area contributed by atoms with Gasteiger partial charge in [0.15, 0.2) is 5.78 Å². The molecule has 0 bridgehead atoms. The van der Waals surface area contributed by atoms with Gasteiger partial charge in [-0.2, -0.15) is 0 Å². The number of benzene rings is 3. The van der Waals surface area contributed by atoms with E-state index in [9.17, 15) is 4.79 Å². The van der Waals surface area contributed by atoms with Gasteiger partial charge in [-0.05, 0) is 35.4 Å². The van der Waals surface area contributed by atoms with Gasteiger partial charge < -0.3 is 9.30 Å². The molecule has 27 heavy (non-hydrogen) atoms. The summed E-state index contributed by atoms with van der Waals surface area (Å²) in [5.41, 5.74) is 2.55. The van der Waals surface area contributed by atoms with Crippen LogP contribution in [0.4, 0.5) is 0 Å². The fourth-order valence-electron chi connectivity index (χ4n) is 3.67. The van der Waals surface area contributed by atoms with Crippen molar-refractivity contribution >= 4 is 27.5 Å². The normalized spacial score (nSPS) is 11.2. The molecule has 0 fully saturated rings. The predicted octanol–water partition coefficient (Wildman–Crippen LogP) is 5.83. The Morgan fingerprint density at radius 2 is 1.78 bits per heavy atom. The molecule has 0 saturated heterocycles. The average molecular weight is 357 g/mol. The number of nitrogens with zero attached hydrogens (tertiary/aromatic N) is 1. The lowest BCUT2D eigenvalue weighted by Gasteiger charge is -2.06. The molecule has 3 aromatic carbocycles. The molecule has 1 heterocycles. The molecular formula is C24H23NO2. The molecule has 3 heteroatoms. The number of hydrogen-bond acceptors (Lipinski definition) is 2. The Kier molecular flexibility index (Phi) is 4.68. The zero-order valence-corrected chi connectivity index (χ0v) is 15.7. The monoisotopic (exact) mass is 357 g/mol. The Morgan fingerprint density at radius 1 is 0.963 bits per heavy atom. The third-order valence-corrected chi connectivity index (χ3v) is 5.12. The van der Waals surface area contributed by atoms with Crippen LogP contribution in [0.5, 0.6) is 5.75 Å². The van der Waals surface area contributed by atoms with Gasteiger partial charge in [0.1, 0.15) is 5.75 Å². The molecule has 0 saturated carbocycles. The van der Waals surface area contributed by atoms with Gasteiger partial charge >= 0.3 is 0 Å². The van der Waals surface area contributed by atoms with Crippen LogP contribution >= 0.6 is 0 Å². The molecule has 0 atom stereocenters. The largest absolute Gasteiger partial charge is 0.497 e. The van der Waals surface area contributed by atoms with Gasteiger partial charge in [-0.25, -0.2) is 0 Å². The van der Waals surface area contributed by atoms with Crippen molar-refractivity contribution in [2.24, 2.45) is 0 Å².